The van der Waals surface area contributed by atoms with Gasteiger partial charge >= 0.3 is 6.18 Å². The van der Waals surface area contributed by atoms with Crippen molar-refractivity contribution < 1.29 is 17.6 Å². The zero-order valence-corrected chi connectivity index (χ0v) is 14.3. The first-order valence-corrected chi connectivity index (χ1v) is 8.02. The number of likely N-dealkylation sites (N-methyl/N-ethyl adjacent to an activating group) is 1. The van der Waals surface area contributed by atoms with Gasteiger partial charge in [-0.1, -0.05) is 12.6 Å². The first-order valence-electron chi connectivity index (χ1n) is 8.02. The molecule has 1 aromatic carbocycles. The highest BCUT2D eigenvalue weighted by Crippen LogP contribution is 2.34. The van der Waals surface area contributed by atoms with Crippen molar-refractivity contribution in [2.75, 3.05) is 13.6 Å². The minimum absolute atomic E-state index is 0.0257. The summed E-state index contributed by atoms with van der Waals surface area (Å²) < 4.78 is 53.3. The molecule has 6 heteroatoms. The van der Waals surface area contributed by atoms with Crippen molar-refractivity contribution in [3.63, 3.8) is 0 Å². The fourth-order valence-electron chi connectivity index (χ4n) is 2.98. The van der Waals surface area contributed by atoms with Crippen molar-refractivity contribution >= 4 is 0 Å². The molecule has 134 valence electrons. The van der Waals surface area contributed by atoms with E-state index in [-0.39, 0.29) is 18.2 Å². The topological polar surface area (TPSA) is 15.3 Å². The lowest BCUT2D eigenvalue weighted by Crippen LogP contribution is -2.32. The van der Waals surface area contributed by atoms with Crippen LogP contribution in [0.5, 0.6) is 0 Å². The van der Waals surface area contributed by atoms with Crippen molar-refractivity contribution in [3.05, 3.63) is 47.2 Å². The molecule has 1 aromatic rings. The monoisotopic (exact) mass is 344 g/mol. The van der Waals surface area contributed by atoms with Crippen LogP contribution in [-0.2, 0) is 18.4 Å². The summed E-state index contributed by atoms with van der Waals surface area (Å²) >= 11 is 0. The second-order valence-corrected chi connectivity index (χ2v) is 6.91. The van der Waals surface area contributed by atoms with Gasteiger partial charge in [-0.05, 0) is 63.5 Å². The molecule has 0 bridgehead atoms. The van der Waals surface area contributed by atoms with E-state index < -0.39 is 17.4 Å². The largest absolute Gasteiger partial charge is 0.416 e. The van der Waals surface area contributed by atoms with Gasteiger partial charge in [-0.15, -0.1) is 0 Å². The normalized spacial score (nSPS) is 19.5. The molecule has 0 aliphatic carbocycles. The number of likely N-dealkylation sites (tertiary alicyclic amines) is 1. The van der Waals surface area contributed by atoms with E-state index in [1.165, 1.54) is 19.9 Å². The maximum absolute atomic E-state index is 14.2. The predicted molar refractivity (Wildman–Crippen MR) is 87.2 cm³/mol. The van der Waals surface area contributed by atoms with Gasteiger partial charge in [0.25, 0.3) is 0 Å². The number of alkyl halides is 4. The maximum atomic E-state index is 14.2. The van der Waals surface area contributed by atoms with E-state index in [4.69, 9.17) is 0 Å². The van der Waals surface area contributed by atoms with Crippen LogP contribution in [0.1, 0.15) is 43.4 Å². The number of hydrogen-bond acceptors (Lipinski definition) is 2. The summed E-state index contributed by atoms with van der Waals surface area (Å²) in [4.78, 5) is 2.16. The molecule has 0 unspecified atom stereocenters. The van der Waals surface area contributed by atoms with Crippen LogP contribution >= 0.6 is 0 Å². The lowest BCUT2D eigenvalue weighted by atomic mass is 9.95. The third-order valence-electron chi connectivity index (χ3n) is 4.45. The molecular weight excluding hydrogens is 320 g/mol. The van der Waals surface area contributed by atoms with Crippen molar-refractivity contribution in [1.82, 2.24) is 10.2 Å². The molecule has 1 fully saturated rings. The van der Waals surface area contributed by atoms with Gasteiger partial charge in [0, 0.05) is 18.3 Å². The van der Waals surface area contributed by atoms with E-state index in [0.717, 1.165) is 37.2 Å². The first kappa shape index (κ1) is 18.8. The van der Waals surface area contributed by atoms with Crippen molar-refractivity contribution in [3.8, 4) is 0 Å². The molecule has 1 N–H and O–H groups in total. The molecule has 1 saturated heterocycles. The Morgan fingerprint density at radius 1 is 1.21 bits per heavy atom. The van der Waals surface area contributed by atoms with Crippen LogP contribution in [-0.4, -0.2) is 24.5 Å². The SMILES string of the molecule is C=C(NCc1cc(C(C)(C)F)cc(C(F)(F)F)c1)[C@@H]1CCCN1C. The highest BCUT2D eigenvalue weighted by Gasteiger charge is 2.33. The number of benzene rings is 1. The van der Waals surface area contributed by atoms with Crippen LogP contribution in [0.2, 0.25) is 0 Å². The Bertz CT molecular complexity index is 570. The second-order valence-electron chi connectivity index (χ2n) is 6.91. The molecule has 2 rings (SSSR count). The van der Waals surface area contributed by atoms with Gasteiger partial charge in [-0.3, -0.25) is 4.90 Å². The fraction of sp³-hybridized carbons (Fsp3) is 0.556. The summed E-state index contributed by atoms with van der Waals surface area (Å²) in [6.07, 6.45) is -2.45. The van der Waals surface area contributed by atoms with Gasteiger partial charge in [0.05, 0.1) is 5.56 Å². The highest BCUT2D eigenvalue weighted by atomic mass is 19.4. The standard InChI is InChI=1S/C18H24F4N2/c1-12(16-6-5-7-24(16)4)23-11-13-8-14(17(2,3)19)10-15(9-13)18(20,21)22/h8-10,16,23H,1,5-7,11H2,2-4H3/t16-/m0/s1. The molecule has 0 radical (unpaired) electrons. The average molecular weight is 344 g/mol. The molecule has 0 spiro atoms. The Hall–Kier alpha value is -1.56. The third-order valence-corrected chi connectivity index (χ3v) is 4.45. The molecule has 1 atom stereocenters. The summed E-state index contributed by atoms with van der Waals surface area (Å²) in [7, 11) is 2.00. The summed E-state index contributed by atoms with van der Waals surface area (Å²) in [6.45, 7) is 7.68. The van der Waals surface area contributed by atoms with Crippen molar-refractivity contribution in [1.29, 1.82) is 0 Å². The molecule has 1 aliphatic rings. The zero-order chi connectivity index (χ0) is 18.1. The zero-order valence-electron chi connectivity index (χ0n) is 14.3. The van der Waals surface area contributed by atoms with Gasteiger partial charge in [0.1, 0.15) is 5.67 Å². The van der Waals surface area contributed by atoms with Gasteiger partial charge < -0.3 is 5.32 Å². The van der Waals surface area contributed by atoms with Gasteiger partial charge in [-0.25, -0.2) is 4.39 Å². The lowest BCUT2D eigenvalue weighted by molar-refractivity contribution is -0.137. The highest BCUT2D eigenvalue weighted by molar-refractivity contribution is 5.35. The molecule has 1 aliphatic heterocycles. The Balaban J connectivity index is 2.18. The smallest absolute Gasteiger partial charge is 0.383 e. The fourth-order valence-corrected chi connectivity index (χ4v) is 2.98. The minimum Gasteiger partial charge on any atom is -0.383 e. The summed E-state index contributed by atoms with van der Waals surface area (Å²) in [5.41, 5.74) is -1.46. The number of hydrogen-bond donors (Lipinski definition) is 1. The Morgan fingerprint density at radius 2 is 1.83 bits per heavy atom. The Kier molecular flexibility index (Phi) is 5.28. The first-order chi connectivity index (χ1) is 11.0. The van der Waals surface area contributed by atoms with E-state index in [1.807, 2.05) is 7.05 Å². The van der Waals surface area contributed by atoms with E-state index in [0.29, 0.717) is 5.56 Å². The quantitative estimate of drug-likeness (QED) is 0.785. The molecule has 0 amide bonds. The van der Waals surface area contributed by atoms with E-state index in [2.05, 4.69) is 16.8 Å². The van der Waals surface area contributed by atoms with Crippen LogP contribution in [0.4, 0.5) is 17.6 Å². The predicted octanol–water partition coefficient (Wildman–Crippen LogP) is 4.61. The van der Waals surface area contributed by atoms with Crippen molar-refractivity contribution in [2.45, 2.75) is 51.1 Å². The van der Waals surface area contributed by atoms with Crippen LogP contribution in [0.3, 0.4) is 0 Å². The van der Waals surface area contributed by atoms with Crippen LogP contribution in [0, 0.1) is 0 Å². The number of halogens is 4. The van der Waals surface area contributed by atoms with E-state index in [9.17, 15) is 17.6 Å². The molecule has 1 heterocycles. The summed E-state index contributed by atoms with van der Waals surface area (Å²) in [5.74, 6) is 0. The van der Waals surface area contributed by atoms with Crippen molar-refractivity contribution in [2.24, 2.45) is 0 Å². The van der Waals surface area contributed by atoms with E-state index in [1.54, 1.807) is 0 Å². The van der Waals surface area contributed by atoms with Crippen LogP contribution < -0.4 is 5.32 Å². The average Bonchev–Trinajstić information content (AvgIpc) is 2.89. The van der Waals surface area contributed by atoms with Gasteiger partial charge in [0.2, 0.25) is 0 Å². The molecule has 24 heavy (non-hydrogen) atoms. The molecular formula is C18H24F4N2. The third kappa shape index (κ3) is 4.50. The molecule has 0 saturated carbocycles. The Labute approximate surface area is 140 Å². The number of nitrogens with one attached hydrogen (secondary N) is 1. The van der Waals surface area contributed by atoms with Crippen LogP contribution in [0.25, 0.3) is 0 Å². The van der Waals surface area contributed by atoms with Crippen LogP contribution in [0.15, 0.2) is 30.5 Å². The number of rotatable bonds is 5. The lowest BCUT2D eigenvalue weighted by Gasteiger charge is -2.24. The number of nitrogens with zero attached hydrogens (tertiary/aromatic N) is 1. The Morgan fingerprint density at radius 3 is 2.33 bits per heavy atom. The second kappa shape index (κ2) is 6.75. The molecule has 2 nitrogen and oxygen atoms in total. The summed E-state index contributed by atoms with van der Waals surface area (Å²) in [5, 5.41) is 3.10. The molecule has 0 aromatic heterocycles. The van der Waals surface area contributed by atoms with Gasteiger partial charge in [-0.2, -0.15) is 13.2 Å². The maximum Gasteiger partial charge on any atom is 0.416 e. The van der Waals surface area contributed by atoms with E-state index >= 15 is 0 Å². The minimum atomic E-state index is -4.50. The summed E-state index contributed by atoms with van der Waals surface area (Å²) in [6, 6.07) is 3.61. The van der Waals surface area contributed by atoms with Gasteiger partial charge in [0.15, 0.2) is 0 Å².